The highest BCUT2D eigenvalue weighted by Crippen LogP contribution is 2.51. The van der Waals surface area contributed by atoms with Crippen molar-refractivity contribution in [1.29, 1.82) is 0 Å². The molecule has 0 aromatic heterocycles. The zero-order valence-electron chi connectivity index (χ0n) is 24.7. The van der Waals surface area contributed by atoms with Gasteiger partial charge in [-0.2, -0.15) is 0 Å². The van der Waals surface area contributed by atoms with Crippen LogP contribution in [0.5, 0.6) is 0 Å². The molecule has 0 aliphatic carbocycles. The number of benzene rings is 6. The van der Waals surface area contributed by atoms with Gasteiger partial charge >= 0.3 is 0 Å². The molecule has 0 bridgehead atoms. The largest absolute Gasteiger partial charge is 0.311 e. The quantitative estimate of drug-likeness (QED) is 0.205. The lowest BCUT2D eigenvalue weighted by Gasteiger charge is -2.51. The van der Waals surface area contributed by atoms with Crippen molar-refractivity contribution in [1.82, 2.24) is 0 Å². The van der Waals surface area contributed by atoms with Crippen molar-refractivity contribution in [3.63, 3.8) is 0 Å². The summed E-state index contributed by atoms with van der Waals surface area (Å²) in [6.45, 7) is 7.12. The second-order valence-corrected chi connectivity index (χ2v) is 12.5. The monoisotopic (exact) mass is 550 g/mol. The maximum atomic E-state index is 2.51. The second kappa shape index (κ2) is 8.75. The summed E-state index contributed by atoms with van der Waals surface area (Å²) in [6.07, 6.45) is 0. The van der Waals surface area contributed by atoms with Crippen molar-refractivity contribution in [2.45, 2.75) is 26.2 Å². The van der Waals surface area contributed by atoms with Gasteiger partial charge in [0, 0.05) is 39.5 Å². The molecule has 3 aliphatic rings. The number of hydrogen-bond acceptors (Lipinski definition) is 2. The standard InChI is InChI=1S/C40H31BN2/c1-26-22-31-37-35(24-26)42(29-16-9-5-10-17-29)33-20-13-21-34-39(33)41(37)38-32(40(31,3)28-14-7-4-8-15-28)23-27(2)25-36(38)43(34)30-18-11-6-12-19-30/h4-25H,1-3H3. The van der Waals surface area contributed by atoms with Crippen molar-refractivity contribution < 1.29 is 0 Å². The van der Waals surface area contributed by atoms with Crippen molar-refractivity contribution in [2.75, 3.05) is 9.80 Å². The van der Waals surface area contributed by atoms with E-state index in [0.29, 0.717) is 0 Å². The smallest absolute Gasteiger partial charge is 0.252 e. The van der Waals surface area contributed by atoms with E-state index in [-0.39, 0.29) is 12.1 Å². The fourth-order valence-electron chi connectivity index (χ4n) is 8.22. The summed E-state index contributed by atoms with van der Waals surface area (Å²) in [5.41, 5.74) is 18.2. The van der Waals surface area contributed by atoms with Crippen LogP contribution in [0, 0.1) is 13.8 Å². The minimum Gasteiger partial charge on any atom is -0.311 e. The molecule has 43 heavy (non-hydrogen) atoms. The number of rotatable bonds is 3. The molecule has 3 aliphatic heterocycles. The van der Waals surface area contributed by atoms with E-state index in [2.05, 4.69) is 164 Å². The summed E-state index contributed by atoms with van der Waals surface area (Å²) in [4.78, 5) is 5.03. The number of hydrogen-bond donors (Lipinski definition) is 0. The van der Waals surface area contributed by atoms with Crippen LogP contribution in [-0.4, -0.2) is 6.71 Å². The van der Waals surface area contributed by atoms with E-state index in [1.807, 2.05) is 0 Å². The highest BCUT2D eigenvalue weighted by atomic mass is 15.2. The van der Waals surface area contributed by atoms with Crippen LogP contribution in [0.3, 0.4) is 0 Å². The Balaban J connectivity index is 1.49. The molecule has 0 N–H and O–H groups in total. The summed E-state index contributed by atoms with van der Waals surface area (Å²) < 4.78 is 0. The zero-order valence-corrected chi connectivity index (χ0v) is 24.7. The van der Waals surface area contributed by atoms with Crippen LogP contribution >= 0.6 is 0 Å². The van der Waals surface area contributed by atoms with Gasteiger partial charge in [0.15, 0.2) is 0 Å². The van der Waals surface area contributed by atoms with Crippen molar-refractivity contribution in [2.24, 2.45) is 0 Å². The van der Waals surface area contributed by atoms with Gasteiger partial charge in [-0.15, -0.1) is 0 Å². The van der Waals surface area contributed by atoms with E-state index in [4.69, 9.17) is 0 Å². The second-order valence-electron chi connectivity index (χ2n) is 12.5. The Morgan fingerprint density at radius 3 is 1.37 bits per heavy atom. The molecule has 6 aromatic rings. The molecule has 2 nitrogen and oxygen atoms in total. The number of aryl methyl sites for hydroxylation is 2. The molecule has 0 fully saturated rings. The minimum absolute atomic E-state index is 0.152. The molecule has 3 heterocycles. The van der Waals surface area contributed by atoms with Gasteiger partial charge in [0.25, 0.3) is 6.71 Å². The Bertz CT molecular complexity index is 1940. The summed E-state index contributed by atoms with van der Waals surface area (Å²) in [7, 11) is 0. The van der Waals surface area contributed by atoms with Gasteiger partial charge in [-0.3, -0.25) is 0 Å². The van der Waals surface area contributed by atoms with Crippen LogP contribution in [0.1, 0.15) is 34.7 Å². The molecule has 0 amide bonds. The number of para-hydroxylation sites is 2. The molecule has 0 saturated heterocycles. The van der Waals surface area contributed by atoms with Gasteiger partial charge in [0.2, 0.25) is 0 Å². The lowest BCUT2D eigenvalue weighted by atomic mass is 9.28. The molecule has 6 aromatic carbocycles. The first-order valence-corrected chi connectivity index (χ1v) is 15.2. The average molecular weight is 551 g/mol. The van der Waals surface area contributed by atoms with Crippen LogP contribution < -0.4 is 26.2 Å². The van der Waals surface area contributed by atoms with Gasteiger partial charge in [0.1, 0.15) is 0 Å². The van der Waals surface area contributed by atoms with Crippen LogP contribution in [0.15, 0.2) is 133 Å². The van der Waals surface area contributed by atoms with Crippen molar-refractivity contribution >= 4 is 57.2 Å². The maximum absolute atomic E-state index is 2.51. The van der Waals surface area contributed by atoms with Gasteiger partial charge in [-0.25, -0.2) is 0 Å². The first-order chi connectivity index (χ1) is 21.1. The minimum atomic E-state index is -0.321. The Hall–Kier alpha value is -5.02. The fraction of sp³-hybridized carbons (Fsp3) is 0.100. The van der Waals surface area contributed by atoms with Crippen LogP contribution in [-0.2, 0) is 5.41 Å². The number of anilines is 6. The summed E-state index contributed by atoms with van der Waals surface area (Å²) in [5.74, 6) is 0. The third kappa shape index (κ3) is 3.20. The topological polar surface area (TPSA) is 6.48 Å². The SMILES string of the molecule is Cc1cc2c3c(c1)C(C)(c1ccccc1)c1cc(C)cc4c1B3c1c(cccc1N4c1ccccc1)N2c1ccccc1. The average Bonchev–Trinajstić information content (AvgIpc) is 3.04. The highest BCUT2D eigenvalue weighted by molar-refractivity contribution is 7.01. The summed E-state index contributed by atoms with van der Waals surface area (Å²) in [6, 6.07) is 49.6. The van der Waals surface area contributed by atoms with E-state index in [0.717, 1.165) is 0 Å². The predicted molar refractivity (Wildman–Crippen MR) is 182 cm³/mol. The molecule has 9 rings (SSSR count). The summed E-state index contributed by atoms with van der Waals surface area (Å²) >= 11 is 0. The molecule has 0 radical (unpaired) electrons. The van der Waals surface area contributed by atoms with Crippen molar-refractivity contribution in [3.8, 4) is 0 Å². The third-order valence-electron chi connectivity index (χ3n) is 9.95. The van der Waals surface area contributed by atoms with Crippen LogP contribution in [0.25, 0.3) is 0 Å². The van der Waals surface area contributed by atoms with Gasteiger partial charge < -0.3 is 9.80 Å². The predicted octanol–water partition coefficient (Wildman–Crippen LogP) is 8.05. The number of nitrogens with zero attached hydrogens (tertiary/aromatic N) is 2. The molecular weight excluding hydrogens is 519 g/mol. The van der Waals surface area contributed by atoms with E-state index in [1.165, 1.54) is 78.3 Å². The van der Waals surface area contributed by atoms with E-state index < -0.39 is 0 Å². The van der Waals surface area contributed by atoms with E-state index in [9.17, 15) is 0 Å². The third-order valence-corrected chi connectivity index (χ3v) is 9.95. The van der Waals surface area contributed by atoms with Crippen molar-refractivity contribution in [3.05, 3.63) is 161 Å². The van der Waals surface area contributed by atoms with Crippen LogP contribution in [0.2, 0.25) is 0 Å². The van der Waals surface area contributed by atoms with E-state index >= 15 is 0 Å². The van der Waals surface area contributed by atoms with Gasteiger partial charge in [-0.1, -0.05) is 84.9 Å². The van der Waals surface area contributed by atoms with Gasteiger partial charge in [0.05, 0.1) is 0 Å². The Morgan fingerprint density at radius 1 is 0.465 bits per heavy atom. The maximum Gasteiger partial charge on any atom is 0.252 e. The first-order valence-electron chi connectivity index (χ1n) is 15.2. The lowest BCUT2D eigenvalue weighted by Crippen LogP contribution is -2.67. The molecular formula is C40H31BN2. The molecule has 0 saturated carbocycles. The fourth-order valence-corrected chi connectivity index (χ4v) is 8.22. The molecule has 0 atom stereocenters. The van der Waals surface area contributed by atoms with Crippen LogP contribution in [0.4, 0.5) is 34.1 Å². The molecule has 0 unspecified atom stereocenters. The van der Waals surface area contributed by atoms with E-state index in [1.54, 1.807) is 0 Å². The Labute approximate surface area is 254 Å². The van der Waals surface area contributed by atoms with Gasteiger partial charge in [-0.05, 0) is 114 Å². The lowest BCUT2D eigenvalue weighted by molar-refractivity contribution is 0.696. The Kier molecular flexibility index (Phi) is 5.00. The Morgan fingerprint density at radius 2 is 0.907 bits per heavy atom. The highest BCUT2D eigenvalue weighted by Gasteiger charge is 2.52. The molecule has 204 valence electrons. The molecule has 0 spiro atoms. The zero-order chi connectivity index (χ0) is 28.9. The first kappa shape index (κ1) is 24.6. The normalized spacial score (nSPS) is 14.9. The summed E-state index contributed by atoms with van der Waals surface area (Å²) in [5, 5.41) is 0. The molecule has 3 heteroatoms.